The minimum Gasteiger partial charge on any atom is -0.477 e. The molecule has 8 nitrogen and oxygen atoms in total. The van der Waals surface area contributed by atoms with Gasteiger partial charge in [-0.3, -0.25) is 4.79 Å². The molecule has 0 spiro atoms. The van der Waals surface area contributed by atoms with Crippen LogP contribution in [0.2, 0.25) is 0 Å². The van der Waals surface area contributed by atoms with E-state index in [1.807, 2.05) is 21.1 Å². The number of esters is 1. The van der Waals surface area contributed by atoms with E-state index in [0.717, 1.165) is 19.3 Å². The maximum Gasteiger partial charge on any atom is 0.361 e. The molecule has 0 saturated carbocycles. The fraction of sp³-hybridized carbons (Fsp3) is 0.900. The lowest BCUT2D eigenvalue weighted by molar-refractivity contribution is -0.870. The molecular weight excluding hydrogens is 606 g/mol. The van der Waals surface area contributed by atoms with Crippen LogP contribution in [0.1, 0.15) is 174 Å². The van der Waals surface area contributed by atoms with Gasteiger partial charge < -0.3 is 28.9 Å². The number of nitrogens with zero attached hydrogens (tertiary/aromatic N) is 1. The molecular formula is C40H78NO7+. The number of aliphatic hydroxyl groups excluding tert-OH is 1. The van der Waals surface area contributed by atoms with Gasteiger partial charge in [0.25, 0.3) is 6.29 Å². The summed E-state index contributed by atoms with van der Waals surface area (Å²) in [5.41, 5.74) is 0. The van der Waals surface area contributed by atoms with Gasteiger partial charge in [-0.05, 0) is 32.1 Å². The van der Waals surface area contributed by atoms with Gasteiger partial charge in [-0.25, -0.2) is 4.79 Å². The van der Waals surface area contributed by atoms with Crippen molar-refractivity contribution >= 4 is 11.9 Å². The molecule has 0 fully saturated rings. The predicted octanol–water partition coefficient (Wildman–Crippen LogP) is 9.76. The molecule has 0 aliphatic rings. The molecule has 284 valence electrons. The number of carboxylic acids is 1. The van der Waals surface area contributed by atoms with Crippen molar-refractivity contribution in [3.05, 3.63) is 12.2 Å². The van der Waals surface area contributed by atoms with E-state index in [1.54, 1.807) is 0 Å². The number of rotatable bonds is 37. The van der Waals surface area contributed by atoms with Crippen LogP contribution in [0.15, 0.2) is 12.2 Å². The Bertz CT molecular complexity index is 752. The van der Waals surface area contributed by atoms with Gasteiger partial charge in [-0.15, -0.1) is 0 Å². The van der Waals surface area contributed by atoms with Gasteiger partial charge in [0, 0.05) is 6.42 Å². The summed E-state index contributed by atoms with van der Waals surface area (Å²) in [6.45, 7) is 2.61. The molecule has 2 atom stereocenters. The number of carboxylic acid groups (broad SMARTS) is 1. The summed E-state index contributed by atoms with van der Waals surface area (Å²) in [5, 5.41) is 19.2. The molecule has 0 amide bonds. The Kier molecular flexibility index (Phi) is 32.9. The second-order valence-corrected chi connectivity index (χ2v) is 14.8. The van der Waals surface area contributed by atoms with Gasteiger partial charge in [0.15, 0.2) is 0 Å². The van der Waals surface area contributed by atoms with E-state index in [4.69, 9.17) is 14.2 Å². The summed E-state index contributed by atoms with van der Waals surface area (Å²) >= 11 is 0. The highest BCUT2D eigenvalue weighted by Crippen LogP contribution is 2.15. The fourth-order valence-electron chi connectivity index (χ4n) is 5.59. The first-order valence-corrected chi connectivity index (χ1v) is 19.9. The van der Waals surface area contributed by atoms with Crippen molar-refractivity contribution < 1.29 is 38.5 Å². The van der Waals surface area contributed by atoms with Crippen LogP contribution in [0.4, 0.5) is 0 Å². The third kappa shape index (κ3) is 35.8. The van der Waals surface area contributed by atoms with Crippen molar-refractivity contribution in [1.29, 1.82) is 0 Å². The number of likely N-dealkylation sites (N-methyl/N-ethyl adjacent to an activating group) is 1. The standard InChI is InChI=1S/C40H77NO7/c1-5-6-7-8-9-10-11-12-13-14-15-16-17-18-19-20-21-22-23-24-25-26-27-28-29-30-31-32-38(43)47-35-37(42)36-48-40(39(44)45)46-34-33-41(2,3)4/h14-15,37,40,42H,5-13,16-36H2,1-4H3/p+1/b15-14-. The van der Waals surface area contributed by atoms with Crippen molar-refractivity contribution in [2.24, 2.45) is 0 Å². The van der Waals surface area contributed by atoms with Crippen LogP contribution in [-0.2, 0) is 23.8 Å². The summed E-state index contributed by atoms with van der Waals surface area (Å²) < 4.78 is 16.2. The highest BCUT2D eigenvalue weighted by molar-refractivity contribution is 5.70. The molecule has 2 N–H and O–H groups in total. The maximum atomic E-state index is 12.0. The second-order valence-electron chi connectivity index (χ2n) is 14.8. The minimum absolute atomic E-state index is 0.212. The smallest absolute Gasteiger partial charge is 0.361 e. The minimum atomic E-state index is -1.46. The Hall–Kier alpha value is -1.48. The first-order chi connectivity index (χ1) is 23.2. The molecule has 0 radical (unpaired) electrons. The highest BCUT2D eigenvalue weighted by atomic mass is 16.7. The molecule has 0 aliphatic heterocycles. The maximum absolute atomic E-state index is 12.0. The molecule has 2 unspecified atom stereocenters. The molecule has 8 heteroatoms. The van der Waals surface area contributed by atoms with E-state index in [0.29, 0.717) is 17.4 Å². The number of hydrogen-bond donors (Lipinski definition) is 2. The molecule has 0 bridgehead atoms. The number of allylic oxidation sites excluding steroid dienone is 2. The van der Waals surface area contributed by atoms with Crippen molar-refractivity contribution in [1.82, 2.24) is 0 Å². The molecule has 0 aromatic carbocycles. The van der Waals surface area contributed by atoms with Crippen LogP contribution in [0.5, 0.6) is 0 Å². The van der Waals surface area contributed by atoms with Crippen LogP contribution in [0.3, 0.4) is 0 Å². The molecule has 0 aromatic heterocycles. The number of aliphatic hydroxyl groups is 1. The van der Waals surface area contributed by atoms with Crippen LogP contribution in [-0.4, -0.2) is 86.5 Å². The largest absolute Gasteiger partial charge is 0.477 e. The van der Waals surface area contributed by atoms with Crippen molar-refractivity contribution in [2.45, 2.75) is 186 Å². The van der Waals surface area contributed by atoms with Gasteiger partial charge >= 0.3 is 11.9 Å². The number of carbonyl (C=O) groups excluding carboxylic acids is 1. The monoisotopic (exact) mass is 685 g/mol. The number of unbranched alkanes of at least 4 members (excludes halogenated alkanes) is 23. The van der Waals surface area contributed by atoms with Crippen molar-refractivity contribution in [2.75, 3.05) is 47.5 Å². The van der Waals surface area contributed by atoms with Crippen molar-refractivity contribution in [3.8, 4) is 0 Å². The van der Waals surface area contributed by atoms with E-state index in [2.05, 4.69) is 19.1 Å². The molecule has 0 aliphatic carbocycles. The normalized spacial score (nSPS) is 13.3. The first-order valence-electron chi connectivity index (χ1n) is 19.9. The van der Waals surface area contributed by atoms with Gasteiger partial charge in [-0.1, -0.05) is 147 Å². The number of carbonyl (C=O) groups is 2. The fourth-order valence-corrected chi connectivity index (χ4v) is 5.59. The molecule has 48 heavy (non-hydrogen) atoms. The molecule has 0 saturated heterocycles. The van der Waals surface area contributed by atoms with Crippen LogP contribution in [0, 0.1) is 0 Å². The zero-order chi connectivity index (χ0) is 35.6. The van der Waals surface area contributed by atoms with Gasteiger partial charge in [0.1, 0.15) is 19.3 Å². The Balaban J connectivity index is 3.43. The van der Waals surface area contributed by atoms with Crippen LogP contribution >= 0.6 is 0 Å². The van der Waals surface area contributed by atoms with Gasteiger partial charge in [-0.2, -0.15) is 0 Å². The summed E-state index contributed by atoms with van der Waals surface area (Å²) in [5.74, 6) is -1.60. The SMILES string of the molecule is CCCCCCCCCC/C=C\CCCCCCCCCCCCCCCCCC(=O)OCC(O)COC(OCC[N+](C)(C)C)C(=O)O. The first kappa shape index (κ1) is 46.5. The lowest BCUT2D eigenvalue weighted by atomic mass is 10.0. The topological polar surface area (TPSA) is 102 Å². The van der Waals surface area contributed by atoms with Crippen molar-refractivity contribution in [3.63, 3.8) is 0 Å². The van der Waals surface area contributed by atoms with Crippen LogP contribution < -0.4 is 0 Å². The average Bonchev–Trinajstić information content (AvgIpc) is 3.04. The highest BCUT2D eigenvalue weighted by Gasteiger charge is 2.22. The Morgan fingerprint density at radius 2 is 1.02 bits per heavy atom. The third-order valence-electron chi connectivity index (χ3n) is 8.75. The lowest BCUT2D eigenvalue weighted by Crippen LogP contribution is -2.40. The number of aliphatic carboxylic acids is 1. The number of quaternary nitrogens is 1. The number of ether oxygens (including phenoxy) is 3. The lowest BCUT2D eigenvalue weighted by Gasteiger charge is -2.24. The summed E-state index contributed by atoms with van der Waals surface area (Å²) in [7, 11) is 5.92. The average molecular weight is 685 g/mol. The van der Waals surface area contributed by atoms with E-state index in [9.17, 15) is 19.8 Å². The molecule has 0 aromatic rings. The second kappa shape index (κ2) is 34.0. The molecule has 0 rings (SSSR count). The third-order valence-corrected chi connectivity index (χ3v) is 8.75. The molecule has 0 heterocycles. The van der Waals surface area contributed by atoms with E-state index < -0.39 is 18.4 Å². The predicted molar refractivity (Wildman–Crippen MR) is 198 cm³/mol. The summed E-state index contributed by atoms with van der Waals surface area (Å²) in [6, 6.07) is 0. The van der Waals surface area contributed by atoms with Crippen LogP contribution in [0.25, 0.3) is 0 Å². The van der Waals surface area contributed by atoms with E-state index in [-0.39, 0.29) is 25.8 Å². The van der Waals surface area contributed by atoms with Gasteiger partial charge in [0.2, 0.25) is 0 Å². The Morgan fingerprint density at radius 1 is 0.604 bits per heavy atom. The quantitative estimate of drug-likeness (QED) is 0.0221. The zero-order valence-electron chi connectivity index (χ0n) is 31.9. The summed E-state index contributed by atoms with van der Waals surface area (Å²) in [6.07, 6.45) is 35.4. The van der Waals surface area contributed by atoms with Gasteiger partial charge in [0.05, 0.1) is 34.4 Å². The van der Waals surface area contributed by atoms with E-state index >= 15 is 0 Å². The van der Waals surface area contributed by atoms with E-state index in [1.165, 1.54) is 141 Å². The zero-order valence-corrected chi connectivity index (χ0v) is 31.9. The Labute approximate surface area is 296 Å². The summed E-state index contributed by atoms with van der Waals surface area (Å²) in [4.78, 5) is 23.3. The number of hydrogen-bond acceptors (Lipinski definition) is 6. The Morgan fingerprint density at radius 3 is 1.44 bits per heavy atom.